The van der Waals surface area contributed by atoms with Gasteiger partial charge in [0.2, 0.25) is 5.95 Å². The van der Waals surface area contributed by atoms with Crippen LogP contribution in [0.5, 0.6) is 0 Å². The number of hydrogen-bond donors (Lipinski definition) is 1. The van der Waals surface area contributed by atoms with Gasteiger partial charge in [-0.2, -0.15) is 0 Å². The van der Waals surface area contributed by atoms with E-state index in [1.807, 2.05) is 19.9 Å². The van der Waals surface area contributed by atoms with Crippen molar-refractivity contribution in [2.75, 3.05) is 24.5 Å². The molecule has 2 rings (SSSR count). The molecular formula is C13H22N4. The molecule has 1 atom stereocenters. The van der Waals surface area contributed by atoms with Gasteiger partial charge in [-0.1, -0.05) is 0 Å². The van der Waals surface area contributed by atoms with Crippen molar-refractivity contribution in [3.05, 3.63) is 17.5 Å². The van der Waals surface area contributed by atoms with Gasteiger partial charge < -0.3 is 10.2 Å². The zero-order valence-corrected chi connectivity index (χ0v) is 11.0. The summed E-state index contributed by atoms with van der Waals surface area (Å²) < 4.78 is 0. The van der Waals surface area contributed by atoms with E-state index in [4.69, 9.17) is 0 Å². The quantitative estimate of drug-likeness (QED) is 0.860. The largest absolute Gasteiger partial charge is 0.340 e. The smallest absolute Gasteiger partial charge is 0.225 e. The van der Waals surface area contributed by atoms with Crippen molar-refractivity contribution in [1.29, 1.82) is 0 Å². The van der Waals surface area contributed by atoms with Crippen LogP contribution in [0.3, 0.4) is 0 Å². The Balaban J connectivity index is 2.10. The lowest BCUT2D eigenvalue weighted by molar-refractivity contribution is 0.579. The molecule has 0 aromatic carbocycles. The van der Waals surface area contributed by atoms with E-state index < -0.39 is 0 Å². The Kier molecular flexibility index (Phi) is 3.94. The average molecular weight is 234 g/mol. The molecule has 1 aliphatic rings. The first-order chi connectivity index (χ1) is 8.19. The number of nitrogens with zero attached hydrogens (tertiary/aromatic N) is 3. The molecule has 1 aliphatic heterocycles. The number of aryl methyl sites for hydroxylation is 2. The molecule has 0 bridgehead atoms. The van der Waals surface area contributed by atoms with Crippen LogP contribution in [-0.4, -0.2) is 35.6 Å². The molecule has 4 heteroatoms. The minimum atomic E-state index is 0.597. The van der Waals surface area contributed by atoms with Crippen molar-refractivity contribution in [1.82, 2.24) is 15.3 Å². The van der Waals surface area contributed by atoms with Crippen LogP contribution >= 0.6 is 0 Å². The maximum absolute atomic E-state index is 4.53. The lowest BCUT2D eigenvalue weighted by Gasteiger charge is -2.24. The summed E-state index contributed by atoms with van der Waals surface area (Å²) in [5, 5.41) is 3.52. The van der Waals surface area contributed by atoms with Crippen LogP contribution < -0.4 is 10.2 Å². The zero-order valence-electron chi connectivity index (χ0n) is 11.0. The molecule has 17 heavy (non-hydrogen) atoms. The molecule has 1 unspecified atom stereocenters. The Bertz CT molecular complexity index is 351. The summed E-state index contributed by atoms with van der Waals surface area (Å²) in [4.78, 5) is 11.3. The molecule has 1 saturated heterocycles. The summed E-state index contributed by atoms with van der Waals surface area (Å²) in [6, 6.07) is 2.62. The number of anilines is 1. The van der Waals surface area contributed by atoms with Crippen molar-refractivity contribution in [2.45, 2.75) is 39.7 Å². The monoisotopic (exact) mass is 234 g/mol. The predicted molar refractivity (Wildman–Crippen MR) is 70.4 cm³/mol. The van der Waals surface area contributed by atoms with Crippen LogP contribution in [0.25, 0.3) is 0 Å². The van der Waals surface area contributed by atoms with Crippen LogP contribution in [0.4, 0.5) is 5.95 Å². The van der Waals surface area contributed by atoms with Gasteiger partial charge in [0.15, 0.2) is 0 Å². The second-order valence-electron chi connectivity index (χ2n) is 4.78. The highest BCUT2D eigenvalue weighted by Gasteiger charge is 2.18. The first-order valence-corrected chi connectivity index (χ1v) is 6.49. The van der Waals surface area contributed by atoms with Crippen molar-refractivity contribution < 1.29 is 0 Å². The Morgan fingerprint density at radius 3 is 2.59 bits per heavy atom. The fourth-order valence-corrected chi connectivity index (χ4v) is 2.38. The Labute approximate surface area is 103 Å². The molecule has 4 nitrogen and oxygen atoms in total. The third-order valence-corrected chi connectivity index (χ3v) is 3.24. The van der Waals surface area contributed by atoms with Gasteiger partial charge in [-0.05, 0) is 46.2 Å². The molecule has 0 spiro atoms. The Morgan fingerprint density at radius 2 is 2.06 bits per heavy atom. The fourth-order valence-electron chi connectivity index (χ4n) is 2.38. The van der Waals surface area contributed by atoms with Crippen LogP contribution in [0.2, 0.25) is 0 Å². The van der Waals surface area contributed by atoms with Crippen molar-refractivity contribution in [3.63, 3.8) is 0 Å². The summed E-state index contributed by atoms with van der Waals surface area (Å²) in [6.45, 7) is 9.34. The molecule has 0 radical (unpaired) electrons. The summed E-state index contributed by atoms with van der Waals surface area (Å²) >= 11 is 0. The molecule has 0 aliphatic carbocycles. The number of hydrogen-bond acceptors (Lipinski definition) is 4. The second-order valence-corrected chi connectivity index (χ2v) is 4.78. The maximum atomic E-state index is 4.53. The van der Waals surface area contributed by atoms with E-state index in [-0.39, 0.29) is 0 Å². The molecule has 0 amide bonds. The lowest BCUT2D eigenvalue weighted by Crippen LogP contribution is -2.38. The highest BCUT2D eigenvalue weighted by molar-refractivity contribution is 5.32. The molecule has 1 N–H and O–H groups in total. The number of likely N-dealkylation sites (N-methyl/N-ethyl adjacent to an activating group) is 1. The van der Waals surface area contributed by atoms with Gasteiger partial charge in [0.05, 0.1) is 0 Å². The van der Waals surface area contributed by atoms with Gasteiger partial charge in [0.25, 0.3) is 0 Å². The van der Waals surface area contributed by atoms with Crippen LogP contribution in [0.15, 0.2) is 6.07 Å². The summed E-state index contributed by atoms with van der Waals surface area (Å²) in [5.74, 6) is 0.874. The number of aromatic nitrogens is 2. The molecule has 1 fully saturated rings. The van der Waals surface area contributed by atoms with E-state index in [0.717, 1.165) is 37.0 Å². The topological polar surface area (TPSA) is 41.0 Å². The summed E-state index contributed by atoms with van der Waals surface area (Å²) in [6.07, 6.45) is 2.55. The Morgan fingerprint density at radius 1 is 1.35 bits per heavy atom. The van der Waals surface area contributed by atoms with E-state index in [1.165, 1.54) is 12.8 Å². The van der Waals surface area contributed by atoms with E-state index in [2.05, 4.69) is 27.1 Å². The van der Waals surface area contributed by atoms with Crippen molar-refractivity contribution >= 4 is 5.95 Å². The van der Waals surface area contributed by atoms with Gasteiger partial charge in [0.1, 0.15) is 0 Å². The highest BCUT2D eigenvalue weighted by Crippen LogP contribution is 2.13. The van der Waals surface area contributed by atoms with E-state index in [0.29, 0.717) is 6.04 Å². The van der Waals surface area contributed by atoms with Crippen molar-refractivity contribution in [2.24, 2.45) is 0 Å². The number of rotatable bonds is 4. The number of nitrogens with one attached hydrogen (secondary N) is 1. The molecule has 1 aromatic heterocycles. The third kappa shape index (κ3) is 3.16. The fraction of sp³-hybridized carbons (Fsp3) is 0.692. The lowest BCUT2D eigenvalue weighted by atomic mass is 10.2. The molecule has 0 saturated carbocycles. The van der Waals surface area contributed by atoms with Gasteiger partial charge in [-0.25, -0.2) is 9.97 Å². The predicted octanol–water partition coefficient (Wildman–Crippen LogP) is 1.67. The SMILES string of the molecule is CCN(CC1CCCN1)c1nc(C)cc(C)n1. The van der Waals surface area contributed by atoms with Gasteiger partial charge in [-0.15, -0.1) is 0 Å². The first kappa shape index (κ1) is 12.3. The average Bonchev–Trinajstić information content (AvgIpc) is 2.77. The van der Waals surface area contributed by atoms with Crippen LogP contribution in [-0.2, 0) is 0 Å². The zero-order chi connectivity index (χ0) is 12.3. The molecule has 2 heterocycles. The van der Waals surface area contributed by atoms with Crippen molar-refractivity contribution in [3.8, 4) is 0 Å². The van der Waals surface area contributed by atoms with Gasteiger partial charge in [-0.3, -0.25) is 0 Å². The summed E-state index contributed by atoms with van der Waals surface area (Å²) in [7, 11) is 0. The summed E-state index contributed by atoms with van der Waals surface area (Å²) in [5.41, 5.74) is 2.09. The minimum absolute atomic E-state index is 0.597. The van der Waals surface area contributed by atoms with E-state index in [9.17, 15) is 0 Å². The second kappa shape index (κ2) is 5.45. The Hall–Kier alpha value is -1.16. The standard InChI is InChI=1S/C13H22N4/c1-4-17(9-12-6-5-7-14-12)13-15-10(2)8-11(3)16-13/h8,12,14H,4-7,9H2,1-3H3. The van der Waals surface area contributed by atoms with E-state index >= 15 is 0 Å². The van der Waals surface area contributed by atoms with Crippen LogP contribution in [0, 0.1) is 13.8 Å². The van der Waals surface area contributed by atoms with E-state index in [1.54, 1.807) is 0 Å². The third-order valence-electron chi connectivity index (χ3n) is 3.24. The van der Waals surface area contributed by atoms with Gasteiger partial charge >= 0.3 is 0 Å². The first-order valence-electron chi connectivity index (χ1n) is 6.49. The molecule has 94 valence electrons. The minimum Gasteiger partial charge on any atom is -0.340 e. The molecular weight excluding hydrogens is 212 g/mol. The van der Waals surface area contributed by atoms with Crippen LogP contribution in [0.1, 0.15) is 31.2 Å². The molecule has 1 aromatic rings. The maximum Gasteiger partial charge on any atom is 0.225 e. The normalized spacial score (nSPS) is 19.6. The van der Waals surface area contributed by atoms with Gasteiger partial charge in [0, 0.05) is 30.5 Å². The highest BCUT2D eigenvalue weighted by atomic mass is 15.3.